The Balaban J connectivity index is 0.00000267. The number of benzene rings is 3. The second-order valence-electron chi connectivity index (χ2n) is 9.48. The Labute approximate surface area is 221 Å². The second-order valence-corrected chi connectivity index (χ2v) is 9.48. The topological polar surface area (TPSA) is 77.8 Å². The molecule has 4 nitrogen and oxygen atoms in total. The van der Waals surface area contributed by atoms with Crippen LogP contribution in [-0.2, 0) is 24.1 Å². The molecular weight excluding hydrogens is 496 g/mol. The van der Waals surface area contributed by atoms with Crippen LogP contribution in [0.4, 0.5) is 23.2 Å². The summed E-state index contributed by atoms with van der Waals surface area (Å²) in [5, 5.41) is 0. The summed E-state index contributed by atoms with van der Waals surface area (Å²) in [6.45, 7) is 0.662. The lowest BCUT2D eigenvalue weighted by Crippen LogP contribution is -2.28. The molecule has 1 amide bonds. The molecule has 0 aliphatic heterocycles. The summed E-state index contributed by atoms with van der Waals surface area (Å²) in [6, 6.07) is 17.7. The van der Waals surface area contributed by atoms with Gasteiger partial charge in [-0.15, -0.1) is 0 Å². The third-order valence-corrected chi connectivity index (χ3v) is 6.81. The molecule has 4 N–H and O–H groups in total. The van der Waals surface area contributed by atoms with E-state index in [9.17, 15) is 22.4 Å². The molecule has 1 aliphatic carbocycles. The van der Waals surface area contributed by atoms with Crippen LogP contribution in [0.15, 0.2) is 72.8 Å². The van der Waals surface area contributed by atoms with Gasteiger partial charge in [0.2, 0.25) is 0 Å². The Morgan fingerprint density at radius 1 is 0.947 bits per heavy atom. The molecule has 8 heteroatoms. The summed E-state index contributed by atoms with van der Waals surface area (Å²) in [7, 11) is 0. The third kappa shape index (κ3) is 7.52. The van der Waals surface area contributed by atoms with E-state index in [1.54, 1.807) is 4.90 Å². The number of nitrogens with two attached hydrogens (primary N) is 1. The van der Waals surface area contributed by atoms with Gasteiger partial charge in [0.05, 0.1) is 12.1 Å². The number of halogens is 4. The smallest absolute Gasteiger partial charge is 0.412 e. The summed E-state index contributed by atoms with van der Waals surface area (Å²) in [4.78, 5) is 14.9. The molecule has 1 fully saturated rings. The molecule has 0 radical (unpaired) electrons. The van der Waals surface area contributed by atoms with Crippen LogP contribution in [0.3, 0.4) is 0 Å². The fourth-order valence-corrected chi connectivity index (χ4v) is 4.75. The lowest BCUT2D eigenvalue weighted by atomic mass is 9.84. The average Bonchev–Trinajstić information content (AvgIpc) is 2.90. The van der Waals surface area contributed by atoms with Gasteiger partial charge in [-0.2, -0.15) is 13.2 Å². The Bertz CT molecular complexity index is 1240. The highest BCUT2D eigenvalue weighted by Crippen LogP contribution is 2.34. The maximum Gasteiger partial charge on any atom is 0.416 e. The molecule has 0 heterocycles. The minimum absolute atomic E-state index is 0. The maximum atomic E-state index is 13.8. The summed E-state index contributed by atoms with van der Waals surface area (Å²) in [5.41, 5.74) is 8.30. The first-order valence-corrected chi connectivity index (χ1v) is 12.5. The highest BCUT2D eigenvalue weighted by atomic mass is 19.4. The van der Waals surface area contributed by atoms with Crippen LogP contribution >= 0.6 is 0 Å². The Morgan fingerprint density at radius 2 is 1.58 bits per heavy atom. The molecule has 204 valence electrons. The van der Waals surface area contributed by atoms with Crippen LogP contribution in [0.5, 0.6) is 0 Å². The summed E-state index contributed by atoms with van der Waals surface area (Å²) in [5.74, 6) is -0.922. The SMILES string of the molecule is NCc1ccc(CN(C(=O)/C=C/c2cc(F)cc(C(F)(F)F)c2)c2ccc(C3CCCCC3)cc2)cc1.O.[HH]. The van der Waals surface area contributed by atoms with E-state index in [1.165, 1.54) is 37.0 Å². The first-order valence-electron chi connectivity index (χ1n) is 12.5. The number of anilines is 1. The van der Waals surface area contributed by atoms with Crippen molar-refractivity contribution >= 4 is 17.7 Å². The van der Waals surface area contributed by atoms with Gasteiger partial charge in [-0.05, 0) is 77.4 Å². The van der Waals surface area contributed by atoms with Crippen molar-refractivity contribution in [3.05, 3.63) is 106 Å². The van der Waals surface area contributed by atoms with E-state index in [0.29, 0.717) is 24.2 Å². The third-order valence-electron chi connectivity index (χ3n) is 6.81. The number of carbonyl (C=O) groups is 1. The molecule has 3 aromatic carbocycles. The van der Waals surface area contributed by atoms with Crippen molar-refractivity contribution in [1.82, 2.24) is 0 Å². The van der Waals surface area contributed by atoms with Gasteiger partial charge in [-0.1, -0.05) is 55.7 Å². The van der Waals surface area contributed by atoms with Crippen molar-refractivity contribution in [2.24, 2.45) is 5.73 Å². The lowest BCUT2D eigenvalue weighted by molar-refractivity contribution is -0.137. The molecule has 4 rings (SSSR count). The highest BCUT2D eigenvalue weighted by molar-refractivity contribution is 6.03. The van der Waals surface area contributed by atoms with Crippen molar-refractivity contribution in [2.45, 2.75) is 57.3 Å². The van der Waals surface area contributed by atoms with E-state index in [-0.39, 0.29) is 19.0 Å². The van der Waals surface area contributed by atoms with Gasteiger partial charge in [0, 0.05) is 19.7 Å². The monoisotopic (exact) mass is 530 g/mol. The van der Waals surface area contributed by atoms with Crippen LogP contribution < -0.4 is 10.6 Å². The molecule has 0 aromatic heterocycles. The van der Waals surface area contributed by atoms with Crippen molar-refractivity contribution in [3.8, 4) is 0 Å². The van der Waals surface area contributed by atoms with Crippen LogP contribution in [-0.4, -0.2) is 11.4 Å². The standard InChI is InChI=1S/C30H30F4N2O.H2O.H2/c31-27-17-23(16-26(18-27)30(32,33)34)10-15-29(37)36(20-22-8-6-21(19-35)7-9-22)28-13-11-25(12-14-28)24-4-2-1-3-5-24;;/h6-18,24H,1-5,19-20,35H2;1H2;1H/b15-10+;;. The fourth-order valence-electron chi connectivity index (χ4n) is 4.75. The van der Waals surface area contributed by atoms with Crippen molar-refractivity contribution < 1.29 is 29.3 Å². The Kier molecular flexibility index (Phi) is 9.83. The number of hydrogen-bond donors (Lipinski definition) is 1. The van der Waals surface area contributed by atoms with Gasteiger partial charge in [0.15, 0.2) is 0 Å². The minimum Gasteiger partial charge on any atom is -0.412 e. The van der Waals surface area contributed by atoms with Gasteiger partial charge in [0.25, 0.3) is 5.91 Å². The first kappa shape index (κ1) is 29.1. The van der Waals surface area contributed by atoms with E-state index < -0.39 is 23.5 Å². The molecule has 0 unspecified atom stereocenters. The van der Waals surface area contributed by atoms with E-state index >= 15 is 0 Å². The minimum atomic E-state index is -4.68. The van der Waals surface area contributed by atoms with Crippen LogP contribution in [0.25, 0.3) is 6.08 Å². The highest BCUT2D eigenvalue weighted by Gasteiger charge is 2.31. The van der Waals surface area contributed by atoms with Gasteiger partial charge >= 0.3 is 6.18 Å². The van der Waals surface area contributed by atoms with Crippen LogP contribution in [0, 0.1) is 5.82 Å². The molecule has 38 heavy (non-hydrogen) atoms. The number of amides is 1. The molecule has 0 saturated heterocycles. The molecule has 0 bridgehead atoms. The second kappa shape index (κ2) is 12.8. The maximum absolute atomic E-state index is 13.8. The normalized spacial score (nSPS) is 14.3. The van der Waals surface area contributed by atoms with Crippen LogP contribution in [0.1, 0.15) is 67.3 Å². The number of nitrogens with zero attached hydrogens (tertiary/aromatic N) is 1. The molecule has 1 aliphatic rings. The number of carbonyl (C=O) groups excluding carboxylic acids is 1. The molecular formula is C30H34F4N2O2. The van der Waals surface area contributed by atoms with Crippen molar-refractivity contribution in [1.29, 1.82) is 0 Å². The van der Waals surface area contributed by atoms with Gasteiger partial charge in [-0.25, -0.2) is 4.39 Å². The summed E-state index contributed by atoms with van der Waals surface area (Å²) < 4.78 is 53.1. The average molecular weight is 531 g/mol. The molecule has 3 aromatic rings. The van der Waals surface area contributed by atoms with Crippen molar-refractivity contribution in [2.75, 3.05) is 4.90 Å². The number of hydrogen-bond acceptors (Lipinski definition) is 2. The molecule has 0 atom stereocenters. The van der Waals surface area contributed by atoms with E-state index in [4.69, 9.17) is 5.73 Å². The van der Waals surface area contributed by atoms with Gasteiger partial charge in [0.1, 0.15) is 5.82 Å². The van der Waals surface area contributed by atoms with E-state index in [0.717, 1.165) is 36.1 Å². The summed E-state index contributed by atoms with van der Waals surface area (Å²) in [6.07, 6.45) is 3.73. The quantitative estimate of drug-likeness (QED) is 0.263. The zero-order valence-corrected chi connectivity index (χ0v) is 21.0. The lowest BCUT2D eigenvalue weighted by Gasteiger charge is -2.25. The Morgan fingerprint density at radius 3 is 2.18 bits per heavy atom. The summed E-state index contributed by atoms with van der Waals surface area (Å²) >= 11 is 0. The van der Waals surface area contributed by atoms with Gasteiger partial charge in [-0.3, -0.25) is 4.79 Å². The predicted molar refractivity (Wildman–Crippen MR) is 144 cm³/mol. The van der Waals surface area contributed by atoms with Crippen LogP contribution in [0.2, 0.25) is 0 Å². The largest absolute Gasteiger partial charge is 0.416 e. The van der Waals surface area contributed by atoms with E-state index in [2.05, 4.69) is 12.1 Å². The number of rotatable bonds is 7. The van der Waals surface area contributed by atoms with Crippen molar-refractivity contribution in [3.63, 3.8) is 0 Å². The Hall–Kier alpha value is -3.49. The van der Waals surface area contributed by atoms with E-state index in [1.807, 2.05) is 36.4 Å². The number of alkyl halides is 3. The zero-order chi connectivity index (χ0) is 26.4. The first-order chi connectivity index (χ1) is 17.7. The molecule has 0 spiro atoms. The zero-order valence-electron chi connectivity index (χ0n) is 21.0. The molecule has 1 saturated carbocycles. The fraction of sp³-hybridized carbons (Fsp3) is 0.300. The predicted octanol–water partition coefficient (Wildman–Crippen LogP) is 7.02. The van der Waals surface area contributed by atoms with Gasteiger partial charge < -0.3 is 16.1 Å².